The Hall–Kier alpha value is -3.27. The topological polar surface area (TPSA) is 80.9 Å². The summed E-state index contributed by atoms with van der Waals surface area (Å²) < 4.78 is 17.2. The van der Waals surface area contributed by atoms with Crippen molar-refractivity contribution in [1.82, 2.24) is 15.0 Å². The van der Waals surface area contributed by atoms with Gasteiger partial charge in [-0.05, 0) is 18.2 Å². The molecule has 8 nitrogen and oxygen atoms in total. The van der Waals surface area contributed by atoms with Gasteiger partial charge >= 0.3 is 0 Å². The maximum atomic E-state index is 13.6. The molecule has 2 aromatic heterocycles. The molecule has 9 heteroatoms. The van der Waals surface area contributed by atoms with Gasteiger partial charge in [0.15, 0.2) is 16.6 Å². The number of carbonyl (C=O) groups is 1. The highest BCUT2D eigenvalue weighted by molar-refractivity contribution is 7.22. The van der Waals surface area contributed by atoms with Crippen molar-refractivity contribution in [2.24, 2.45) is 0 Å². The number of hydrogen-bond acceptors (Lipinski definition) is 8. The lowest BCUT2D eigenvalue weighted by Gasteiger charge is -2.28. The molecule has 0 saturated carbocycles. The summed E-state index contributed by atoms with van der Waals surface area (Å²) in [6.07, 6.45) is 0. The van der Waals surface area contributed by atoms with Gasteiger partial charge in [-0.15, -0.1) is 0 Å². The summed E-state index contributed by atoms with van der Waals surface area (Å²) >= 11 is 1.46. The minimum Gasteiger partial charge on any atom is -0.497 e. The first-order valence-electron chi connectivity index (χ1n) is 10.8. The van der Waals surface area contributed by atoms with Crippen LogP contribution in [0.25, 0.3) is 21.5 Å². The van der Waals surface area contributed by atoms with E-state index in [-0.39, 0.29) is 11.6 Å². The van der Waals surface area contributed by atoms with Crippen LogP contribution < -0.4 is 9.64 Å². The van der Waals surface area contributed by atoms with Gasteiger partial charge in [-0.3, -0.25) is 14.6 Å². The summed E-state index contributed by atoms with van der Waals surface area (Å²) in [7, 11) is 1.64. The number of rotatable bonds is 7. The van der Waals surface area contributed by atoms with E-state index in [4.69, 9.17) is 19.0 Å². The normalized spacial score (nSPS) is 14.5. The highest BCUT2D eigenvalue weighted by Gasteiger charge is 2.26. The summed E-state index contributed by atoms with van der Waals surface area (Å²) in [5.74, 6) is 1.08. The summed E-state index contributed by atoms with van der Waals surface area (Å²) in [4.78, 5) is 22.3. The standard InChI is InChI=1S/C24H24N4O4S/c1-30-18-7-8-19-22(15-18)33-24(25-19)28(10-9-27-11-13-31-14-12-27)23(29)20-16-21(32-26-20)17-5-3-2-4-6-17/h2-8,15-16H,9-14H2,1H3. The van der Waals surface area contributed by atoms with Crippen LogP contribution in [0.15, 0.2) is 59.1 Å². The van der Waals surface area contributed by atoms with E-state index in [2.05, 4.69) is 10.1 Å². The molecule has 3 heterocycles. The van der Waals surface area contributed by atoms with Crippen molar-refractivity contribution in [3.8, 4) is 17.1 Å². The Morgan fingerprint density at radius 1 is 1.15 bits per heavy atom. The molecule has 0 aliphatic carbocycles. The van der Waals surface area contributed by atoms with E-state index >= 15 is 0 Å². The molecular formula is C24H24N4O4S. The smallest absolute Gasteiger partial charge is 0.282 e. The molecule has 1 aliphatic heterocycles. The number of morpholine rings is 1. The molecule has 1 saturated heterocycles. The Balaban J connectivity index is 1.44. The second-order valence-electron chi connectivity index (χ2n) is 7.68. The molecule has 1 fully saturated rings. The van der Waals surface area contributed by atoms with Crippen LogP contribution >= 0.6 is 11.3 Å². The number of methoxy groups -OCH3 is 1. The highest BCUT2D eigenvalue weighted by atomic mass is 32.1. The van der Waals surface area contributed by atoms with Crippen molar-refractivity contribution < 1.29 is 18.8 Å². The molecule has 0 atom stereocenters. The molecule has 2 aromatic carbocycles. The van der Waals surface area contributed by atoms with Crippen molar-refractivity contribution in [2.75, 3.05) is 51.4 Å². The Morgan fingerprint density at radius 2 is 1.97 bits per heavy atom. The number of anilines is 1. The Morgan fingerprint density at radius 3 is 2.76 bits per heavy atom. The first-order chi connectivity index (χ1) is 16.2. The van der Waals surface area contributed by atoms with Gasteiger partial charge in [0, 0.05) is 37.8 Å². The van der Waals surface area contributed by atoms with Gasteiger partial charge in [0.05, 0.1) is 30.5 Å². The minimum atomic E-state index is -0.236. The van der Waals surface area contributed by atoms with Crippen LogP contribution in [-0.2, 0) is 4.74 Å². The van der Waals surface area contributed by atoms with Gasteiger partial charge in [0.1, 0.15) is 5.75 Å². The summed E-state index contributed by atoms with van der Waals surface area (Å²) in [5, 5.41) is 4.70. The van der Waals surface area contributed by atoms with Crippen molar-refractivity contribution >= 4 is 32.6 Å². The highest BCUT2D eigenvalue weighted by Crippen LogP contribution is 2.32. The third-order valence-electron chi connectivity index (χ3n) is 5.59. The van der Waals surface area contributed by atoms with Crippen LogP contribution in [0.5, 0.6) is 5.75 Å². The maximum Gasteiger partial charge on any atom is 0.282 e. The van der Waals surface area contributed by atoms with Crippen LogP contribution in [0.2, 0.25) is 0 Å². The van der Waals surface area contributed by atoms with Crippen molar-refractivity contribution in [2.45, 2.75) is 0 Å². The zero-order valence-electron chi connectivity index (χ0n) is 18.3. The number of thiazole rings is 1. The van der Waals surface area contributed by atoms with E-state index < -0.39 is 0 Å². The predicted molar refractivity (Wildman–Crippen MR) is 127 cm³/mol. The first kappa shape index (κ1) is 21.6. The molecule has 33 heavy (non-hydrogen) atoms. The molecule has 0 radical (unpaired) electrons. The Kier molecular flexibility index (Phi) is 6.34. The average Bonchev–Trinajstić information content (AvgIpc) is 3.52. The molecule has 4 aromatic rings. The van der Waals surface area contributed by atoms with Gasteiger partial charge in [0.2, 0.25) is 0 Å². The molecule has 0 spiro atoms. The zero-order chi connectivity index (χ0) is 22.6. The summed E-state index contributed by atoms with van der Waals surface area (Å²) in [5.41, 5.74) is 1.95. The van der Waals surface area contributed by atoms with Crippen molar-refractivity contribution in [3.63, 3.8) is 0 Å². The van der Waals surface area contributed by atoms with E-state index in [0.29, 0.717) is 30.7 Å². The van der Waals surface area contributed by atoms with Crippen molar-refractivity contribution in [1.29, 1.82) is 0 Å². The quantitative estimate of drug-likeness (QED) is 0.410. The number of fused-ring (bicyclic) bond motifs is 1. The zero-order valence-corrected chi connectivity index (χ0v) is 19.1. The summed E-state index contributed by atoms with van der Waals surface area (Å²) in [6.45, 7) is 4.32. The second kappa shape index (κ2) is 9.70. The monoisotopic (exact) mass is 464 g/mol. The molecule has 1 amide bonds. The van der Waals surface area contributed by atoms with Gasteiger partial charge in [-0.25, -0.2) is 4.98 Å². The van der Waals surface area contributed by atoms with Crippen molar-refractivity contribution in [3.05, 3.63) is 60.3 Å². The van der Waals surface area contributed by atoms with Crippen LogP contribution in [0.1, 0.15) is 10.5 Å². The number of benzene rings is 2. The van der Waals surface area contributed by atoms with Gasteiger partial charge in [-0.2, -0.15) is 0 Å². The van der Waals surface area contributed by atoms with E-state index in [1.807, 2.05) is 48.5 Å². The number of carbonyl (C=O) groups excluding carboxylic acids is 1. The fourth-order valence-corrected chi connectivity index (χ4v) is 4.76. The van der Waals surface area contributed by atoms with Crippen LogP contribution in [-0.4, -0.2) is 67.5 Å². The number of ether oxygens (including phenoxy) is 2. The number of hydrogen-bond donors (Lipinski definition) is 0. The average molecular weight is 465 g/mol. The molecule has 0 bridgehead atoms. The fourth-order valence-electron chi connectivity index (χ4n) is 3.74. The third kappa shape index (κ3) is 4.75. The molecule has 0 unspecified atom stereocenters. The first-order valence-corrected chi connectivity index (χ1v) is 11.6. The van der Waals surface area contributed by atoms with Gasteiger partial charge in [0.25, 0.3) is 5.91 Å². The second-order valence-corrected chi connectivity index (χ2v) is 8.69. The molecule has 0 N–H and O–H groups in total. The number of amides is 1. The van der Waals surface area contributed by atoms with E-state index in [9.17, 15) is 4.79 Å². The number of nitrogens with zero attached hydrogens (tertiary/aromatic N) is 4. The lowest BCUT2D eigenvalue weighted by Crippen LogP contribution is -2.43. The Bertz CT molecular complexity index is 1230. The molecule has 1 aliphatic rings. The van der Waals surface area contributed by atoms with Gasteiger partial charge in [-0.1, -0.05) is 46.8 Å². The Labute approximate surface area is 195 Å². The van der Waals surface area contributed by atoms with E-state index in [0.717, 1.165) is 41.2 Å². The lowest BCUT2D eigenvalue weighted by molar-refractivity contribution is 0.0391. The van der Waals surface area contributed by atoms with E-state index in [1.54, 1.807) is 18.1 Å². The SMILES string of the molecule is COc1ccc2nc(N(CCN3CCOCC3)C(=O)c3cc(-c4ccccc4)on3)sc2c1. The van der Waals surface area contributed by atoms with Crippen LogP contribution in [0.3, 0.4) is 0 Å². The fraction of sp³-hybridized carbons (Fsp3) is 0.292. The number of aromatic nitrogens is 2. The molecule has 5 rings (SSSR count). The van der Waals surface area contributed by atoms with E-state index in [1.165, 1.54) is 11.3 Å². The van der Waals surface area contributed by atoms with Crippen LogP contribution in [0.4, 0.5) is 5.13 Å². The minimum absolute atomic E-state index is 0.236. The summed E-state index contributed by atoms with van der Waals surface area (Å²) in [6, 6.07) is 17.0. The molecule has 170 valence electrons. The predicted octanol–water partition coefficient (Wildman–Crippen LogP) is 3.94. The van der Waals surface area contributed by atoms with Gasteiger partial charge < -0.3 is 14.0 Å². The largest absolute Gasteiger partial charge is 0.497 e. The van der Waals surface area contributed by atoms with Crippen LogP contribution in [0, 0.1) is 0 Å². The molecular weight excluding hydrogens is 440 g/mol. The maximum absolute atomic E-state index is 13.6. The lowest BCUT2D eigenvalue weighted by atomic mass is 10.1. The third-order valence-corrected chi connectivity index (χ3v) is 6.63.